The fourth-order valence-corrected chi connectivity index (χ4v) is 3.19. The highest BCUT2D eigenvalue weighted by Crippen LogP contribution is 2.23. The number of aromatic nitrogens is 2. The molecule has 0 saturated carbocycles. The number of hydrogen-bond donors (Lipinski definition) is 2. The molecule has 1 aromatic heterocycles. The number of benzene rings is 1. The Labute approximate surface area is 145 Å². The summed E-state index contributed by atoms with van der Waals surface area (Å²) < 4.78 is 9.43. The average molecular weight is 347 g/mol. The fraction of sp³-hybridized carbons (Fsp3) is 0.438. The zero-order valence-electron chi connectivity index (χ0n) is 13.8. The number of amides is 2. The molecule has 1 aliphatic rings. The molecule has 0 atom stereocenters. The first-order valence-corrected chi connectivity index (χ1v) is 8.65. The number of piperidine rings is 1. The normalized spacial score (nSPS) is 15.9. The number of hydrogen-bond acceptors (Lipinski definition) is 6. The molecule has 2 heterocycles. The highest BCUT2D eigenvalue weighted by Gasteiger charge is 2.19. The molecule has 1 fully saturated rings. The van der Waals surface area contributed by atoms with Crippen LogP contribution in [-0.2, 0) is 0 Å². The molecule has 24 heavy (non-hydrogen) atoms. The van der Waals surface area contributed by atoms with E-state index in [4.69, 9.17) is 4.74 Å². The van der Waals surface area contributed by atoms with E-state index in [9.17, 15) is 4.79 Å². The van der Waals surface area contributed by atoms with E-state index in [2.05, 4.69) is 31.9 Å². The average Bonchev–Trinajstić information content (AvgIpc) is 3.05. The van der Waals surface area contributed by atoms with Crippen LogP contribution >= 0.6 is 11.5 Å². The molecule has 3 rings (SSSR count). The zero-order chi connectivity index (χ0) is 16.9. The van der Waals surface area contributed by atoms with Gasteiger partial charge in [-0.25, -0.2) is 4.79 Å². The molecule has 0 unspecified atom stereocenters. The van der Waals surface area contributed by atoms with Gasteiger partial charge in [-0.15, -0.1) is 0 Å². The minimum absolute atomic E-state index is 0.218. The van der Waals surface area contributed by atoms with E-state index in [1.165, 1.54) is 11.5 Å². The lowest BCUT2D eigenvalue weighted by Crippen LogP contribution is -2.44. The number of urea groups is 1. The van der Waals surface area contributed by atoms with Crippen molar-refractivity contribution in [3.05, 3.63) is 24.3 Å². The molecule has 0 spiro atoms. The first kappa shape index (κ1) is 16.7. The van der Waals surface area contributed by atoms with Crippen LogP contribution in [0.4, 0.5) is 9.93 Å². The number of likely N-dealkylation sites (tertiary alicyclic amines) is 1. The molecule has 0 aliphatic carbocycles. The lowest BCUT2D eigenvalue weighted by Gasteiger charge is -2.29. The molecule has 2 aromatic rings. The Morgan fingerprint density at radius 2 is 2.00 bits per heavy atom. The molecular weight excluding hydrogens is 326 g/mol. The van der Waals surface area contributed by atoms with Gasteiger partial charge < -0.3 is 15.0 Å². The second-order valence-electron chi connectivity index (χ2n) is 5.83. The minimum Gasteiger partial charge on any atom is -0.497 e. The monoisotopic (exact) mass is 347 g/mol. The van der Waals surface area contributed by atoms with Gasteiger partial charge in [0.2, 0.25) is 5.13 Å². The standard InChI is InChI=1S/C16H21N5O2S/c1-21-9-7-12(8-10-21)17-15(22)19-16-18-14(20-24-16)11-3-5-13(23-2)6-4-11/h3-6,12H,7-10H2,1-2H3,(H2,17,18,19,20,22). The van der Waals surface area contributed by atoms with Crippen molar-refractivity contribution in [2.45, 2.75) is 18.9 Å². The van der Waals surface area contributed by atoms with Crippen LogP contribution in [0.25, 0.3) is 11.4 Å². The number of nitrogens with zero attached hydrogens (tertiary/aromatic N) is 3. The maximum atomic E-state index is 12.1. The number of anilines is 1. The van der Waals surface area contributed by atoms with E-state index in [1.807, 2.05) is 24.3 Å². The summed E-state index contributed by atoms with van der Waals surface area (Å²) in [5.74, 6) is 1.38. The highest BCUT2D eigenvalue weighted by atomic mass is 32.1. The Balaban J connectivity index is 1.56. The van der Waals surface area contributed by atoms with Crippen molar-refractivity contribution in [3.63, 3.8) is 0 Å². The van der Waals surface area contributed by atoms with Crippen molar-refractivity contribution in [3.8, 4) is 17.1 Å². The first-order chi connectivity index (χ1) is 11.6. The lowest BCUT2D eigenvalue weighted by atomic mass is 10.1. The number of carbonyl (C=O) groups is 1. The summed E-state index contributed by atoms with van der Waals surface area (Å²) in [5, 5.41) is 6.26. The van der Waals surface area contributed by atoms with E-state index in [1.54, 1.807) is 7.11 Å². The van der Waals surface area contributed by atoms with Crippen LogP contribution in [0.5, 0.6) is 5.75 Å². The number of methoxy groups -OCH3 is 1. The Morgan fingerprint density at radius 3 is 2.67 bits per heavy atom. The molecule has 0 bridgehead atoms. The first-order valence-electron chi connectivity index (χ1n) is 7.88. The maximum Gasteiger partial charge on any atom is 0.321 e. The summed E-state index contributed by atoms with van der Waals surface area (Å²) in [6.45, 7) is 2.01. The van der Waals surface area contributed by atoms with E-state index in [0.29, 0.717) is 11.0 Å². The van der Waals surface area contributed by atoms with Crippen LogP contribution in [0.15, 0.2) is 24.3 Å². The third-order valence-electron chi connectivity index (χ3n) is 4.05. The maximum absolute atomic E-state index is 12.1. The topological polar surface area (TPSA) is 79.4 Å². The smallest absolute Gasteiger partial charge is 0.321 e. The molecule has 1 aliphatic heterocycles. The van der Waals surface area contributed by atoms with Gasteiger partial charge in [0.1, 0.15) is 5.75 Å². The second-order valence-corrected chi connectivity index (χ2v) is 6.58. The van der Waals surface area contributed by atoms with Gasteiger partial charge >= 0.3 is 6.03 Å². The van der Waals surface area contributed by atoms with Crippen LogP contribution in [0, 0.1) is 0 Å². The fourth-order valence-electron chi connectivity index (χ4n) is 2.60. The lowest BCUT2D eigenvalue weighted by molar-refractivity contribution is 0.221. The molecule has 7 nitrogen and oxygen atoms in total. The Kier molecular flexibility index (Phi) is 5.27. The van der Waals surface area contributed by atoms with E-state index < -0.39 is 0 Å². The predicted molar refractivity (Wildman–Crippen MR) is 94.6 cm³/mol. The molecule has 1 aromatic carbocycles. The summed E-state index contributed by atoms with van der Waals surface area (Å²) in [7, 11) is 3.72. The Morgan fingerprint density at radius 1 is 1.29 bits per heavy atom. The molecular formula is C16H21N5O2S. The van der Waals surface area contributed by atoms with Crippen molar-refractivity contribution in [1.82, 2.24) is 19.6 Å². The van der Waals surface area contributed by atoms with Gasteiger partial charge in [0.05, 0.1) is 7.11 Å². The summed E-state index contributed by atoms with van der Waals surface area (Å²) in [4.78, 5) is 18.7. The van der Waals surface area contributed by atoms with Gasteiger partial charge in [-0.1, -0.05) is 0 Å². The zero-order valence-corrected chi connectivity index (χ0v) is 14.6. The molecule has 2 amide bonds. The number of carbonyl (C=O) groups excluding carboxylic acids is 1. The number of nitrogens with one attached hydrogen (secondary N) is 2. The van der Waals surface area contributed by atoms with Crippen molar-refractivity contribution in [2.24, 2.45) is 0 Å². The van der Waals surface area contributed by atoms with Crippen molar-refractivity contribution >= 4 is 22.7 Å². The highest BCUT2D eigenvalue weighted by molar-refractivity contribution is 7.10. The Hall–Kier alpha value is -2.19. The van der Waals surface area contributed by atoms with Crippen molar-refractivity contribution < 1.29 is 9.53 Å². The van der Waals surface area contributed by atoms with Gasteiger partial charge in [0.25, 0.3) is 0 Å². The number of rotatable bonds is 4. The summed E-state index contributed by atoms with van der Waals surface area (Å²) >= 11 is 1.17. The van der Waals surface area contributed by atoms with Crippen LogP contribution in [0.2, 0.25) is 0 Å². The quantitative estimate of drug-likeness (QED) is 0.888. The van der Waals surface area contributed by atoms with Gasteiger partial charge in [0.15, 0.2) is 5.82 Å². The van der Waals surface area contributed by atoms with Gasteiger partial charge in [-0.3, -0.25) is 5.32 Å². The summed E-state index contributed by atoms with van der Waals surface area (Å²) in [6, 6.07) is 7.50. The van der Waals surface area contributed by atoms with Gasteiger partial charge in [-0.2, -0.15) is 9.36 Å². The second kappa shape index (κ2) is 7.59. The third kappa shape index (κ3) is 4.21. The van der Waals surface area contributed by atoms with Crippen LogP contribution in [-0.4, -0.2) is 53.6 Å². The molecule has 1 saturated heterocycles. The van der Waals surface area contributed by atoms with Gasteiger partial charge in [0, 0.05) is 23.1 Å². The van der Waals surface area contributed by atoms with Crippen molar-refractivity contribution in [1.29, 1.82) is 0 Å². The van der Waals surface area contributed by atoms with E-state index in [0.717, 1.165) is 37.2 Å². The van der Waals surface area contributed by atoms with Crippen LogP contribution in [0.1, 0.15) is 12.8 Å². The van der Waals surface area contributed by atoms with E-state index in [-0.39, 0.29) is 12.1 Å². The molecule has 2 N–H and O–H groups in total. The predicted octanol–water partition coefficient (Wildman–Crippen LogP) is 2.43. The van der Waals surface area contributed by atoms with Crippen LogP contribution < -0.4 is 15.4 Å². The van der Waals surface area contributed by atoms with E-state index >= 15 is 0 Å². The minimum atomic E-state index is -0.220. The number of ether oxygens (including phenoxy) is 1. The Bertz CT molecular complexity index is 680. The SMILES string of the molecule is COc1ccc(-c2nsc(NC(=O)NC3CCN(C)CC3)n2)cc1. The summed E-state index contributed by atoms with van der Waals surface area (Å²) in [5.41, 5.74) is 0.885. The molecule has 128 valence electrons. The van der Waals surface area contributed by atoms with Crippen LogP contribution in [0.3, 0.4) is 0 Å². The summed E-state index contributed by atoms with van der Waals surface area (Å²) in [6.07, 6.45) is 1.94. The van der Waals surface area contributed by atoms with Gasteiger partial charge in [-0.05, 0) is 57.2 Å². The van der Waals surface area contributed by atoms with Crippen molar-refractivity contribution in [2.75, 3.05) is 32.6 Å². The largest absolute Gasteiger partial charge is 0.497 e. The third-order valence-corrected chi connectivity index (χ3v) is 4.68. The molecule has 0 radical (unpaired) electrons. The molecule has 8 heteroatoms.